The minimum atomic E-state index is -4.06. The van der Waals surface area contributed by atoms with Crippen molar-refractivity contribution in [2.24, 2.45) is 35.3 Å². The lowest BCUT2D eigenvalue weighted by molar-refractivity contribution is -0.183. The maximum Gasteiger partial charge on any atom is 0.391 e. The Morgan fingerprint density at radius 2 is 1.58 bits per heavy atom. The molecule has 2 unspecified atom stereocenters. The van der Waals surface area contributed by atoms with Crippen molar-refractivity contribution < 1.29 is 18.0 Å². The second-order valence-electron chi connectivity index (χ2n) is 8.20. The standard InChI is InChI=1S/C18H29F3N2O/c19-18(20,21)15-6-4-11(5-7-15)10-23-17(24)14-8-12-2-1-3-13(9-14)16(12)22/h11-16H,1-10,22H2,(H,23,24). The lowest BCUT2D eigenvalue weighted by Gasteiger charge is -2.43. The summed E-state index contributed by atoms with van der Waals surface area (Å²) >= 11 is 0. The minimum absolute atomic E-state index is 0.0478. The molecule has 3 nitrogen and oxygen atoms in total. The van der Waals surface area contributed by atoms with E-state index in [-0.39, 0.29) is 36.6 Å². The van der Waals surface area contributed by atoms with E-state index in [2.05, 4.69) is 5.32 Å². The highest BCUT2D eigenvalue weighted by Crippen LogP contribution is 2.42. The monoisotopic (exact) mass is 346 g/mol. The van der Waals surface area contributed by atoms with Gasteiger partial charge in [-0.25, -0.2) is 0 Å². The van der Waals surface area contributed by atoms with Gasteiger partial charge in [0.2, 0.25) is 5.91 Å². The van der Waals surface area contributed by atoms with Gasteiger partial charge in [-0.05, 0) is 69.1 Å². The third-order valence-corrected chi connectivity index (χ3v) is 6.66. The van der Waals surface area contributed by atoms with Gasteiger partial charge in [0.25, 0.3) is 0 Å². The molecule has 138 valence electrons. The normalized spacial score (nSPS) is 40.2. The van der Waals surface area contributed by atoms with Gasteiger partial charge in [-0.2, -0.15) is 13.2 Å². The molecule has 3 aliphatic rings. The molecule has 0 aromatic carbocycles. The van der Waals surface area contributed by atoms with E-state index in [1.54, 1.807) is 0 Å². The Hall–Kier alpha value is -0.780. The van der Waals surface area contributed by atoms with Crippen molar-refractivity contribution in [3.63, 3.8) is 0 Å². The molecule has 3 saturated carbocycles. The molecule has 3 fully saturated rings. The highest BCUT2D eigenvalue weighted by atomic mass is 19.4. The van der Waals surface area contributed by atoms with Crippen LogP contribution in [0.4, 0.5) is 13.2 Å². The quantitative estimate of drug-likeness (QED) is 0.820. The largest absolute Gasteiger partial charge is 0.391 e. The topological polar surface area (TPSA) is 55.1 Å². The number of amides is 1. The SMILES string of the molecule is NC1C2CCCC1CC(C(=O)NCC1CCC(C(F)(F)F)CC1)C2. The summed E-state index contributed by atoms with van der Waals surface area (Å²) in [6, 6.07) is 0.250. The van der Waals surface area contributed by atoms with Crippen LogP contribution in [0, 0.1) is 29.6 Å². The first-order valence-corrected chi connectivity index (χ1v) is 9.44. The average molecular weight is 346 g/mol. The summed E-state index contributed by atoms with van der Waals surface area (Å²) in [4.78, 5) is 12.5. The lowest BCUT2D eigenvalue weighted by atomic mass is 9.65. The molecule has 2 bridgehead atoms. The van der Waals surface area contributed by atoms with Crippen LogP contribution in [0.3, 0.4) is 0 Å². The summed E-state index contributed by atoms with van der Waals surface area (Å²) in [5, 5.41) is 3.02. The van der Waals surface area contributed by atoms with E-state index in [0.717, 1.165) is 25.7 Å². The van der Waals surface area contributed by atoms with E-state index in [9.17, 15) is 18.0 Å². The van der Waals surface area contributed by atoms with Gasteiger partial charge in [0, 0.05) is 18.5 Å². The third kappa shape index (κ3) is 4.06. The molecule has 0 aromatic rings. The summed E-state index contributed by atoms with van der Waals surface area (Å²) < 4.78 is 38.1. The summed E-state index contributed by atoms with van der Waals surface area (Å²) in [5.41, 5.74) is 6.26. The zero-order valence-corrected chi connectivity index (χ0v) is 14.2. The molecule has 1 amide bonds. The number of rotatable bonds is 3. The van der Waals surface area contributed by atoms with Crippen molar-refractivity contribution in [3.05, 3.63) is 0 Å². The van der Waals surface area contributed by atoms with Crippen molar-refractivity contribution in [1.82, 2.24) is 5.32 Å². The number of hydrogen-bond acceptors (Lipinski definition) is 2. The molecular formula is C18H29F3N2O. The molecule has 3 N–H and O–H groups in total. The first kappa shape index (κ1) is 18.0. The maximum absolute atomic E-state index is 12.7. The van der Waals surface area contributed by atoms with Crippen molar-refractivity contribution in [3.8, 4) is 0 Å². The molecule has 2 atom stereocenters. The maximum atomic E-state index is 12.7. The van der Waals surface area contributed by atoms with Crippen LogP contribution in [0.2, 0.25) is 0 Å². The summed E-state index contributed by atoms with van der Waals surface area (Å²) in [6.45, 7) is 0.529. The summed E-state index contributed by atoms with van der Waals surface area (Å²) in [6.07, 6.45) is 2.70. The molecule has 6 heteroatoms. The summed E-state index contributed by atoms with van der Waals surface area (Å²) in [5.74, 6) is 0.121. The van der Waals surface area contributed by atoms with Crippen LogP contribution in [0.15, 0.2) is 0 Å². The lowest BCUT2D eigenvalue weighted by Crippen LogP contribution is -2.49. The zero-order chi connectivity index (χ0) is 17.3. The van der Waals surface area contributed by atoms with Crippen LogP contribution in [0.25, 0.3) is 0 Å². The second kappa shape index (κ2) is 7.22. The van der Waals surface area contributed by atoms with Gasteiger partial charge in [-0.15, -0.1) is 0 Å². The van der Waals surface area contributed by atoms with E-state index in [4.69, 9.17) is 5.73 Å². The fraction of sp³-hybridized carbons (Fsp3) is 0.944. The van der Waals surface area contributed by atoms with E-state index >= 15 is 0 Å². The Kier molecular flexibility index (Phi) is 5.42. The molecule has 0 aromatic heterocycles. The fourth-order valence-electron chi connectivity index (χ4n) is 5.09. The van der Waals surface area contributed by atoms with E-state index in [1.807, 2.05) is 0 Å². The molecule has 3 aliphatic carbocycles. The predicted octanol–water partition coefficient (Wildman–Crippen LogP) is 3.62. The Morgan fingerprint density at radius 3 is 2.12 bits per heavy atom. The Balaban J connectivity index is 1.42. The van der Waals surface area contributed by atoms with Gasteiger partial charge in [-0.3, -0.25) is 4.79 Å². The average Bonchev–Trinajstić information content (AvgIpc) is 2.52. The number of carbonyl (C=O) groups excluding carboxylic acids is 1. The van der Waals surface area contributed by atoms with Gasteiger partial charge >= 0.3 is 6.18 Å². The van der Waals surface area contributed by atoms with Crippen LogP contribution in [0.5, 0.6) is 0 Å². The number of alkyl halides is 3. The Labute approximate surface area is 141 Å². The van der Waals surface area contributed by atoms with Crippen LogP contribution in [-0.4, -0.2) is 24.7 Å². The van der Waals surface area contributed by atoms with Gasteiger partial charge in [0.1, 0.15) is 0 Å². The van der Waals surface area contributed by atoms with Crippen molar-refractivity contribution in [1.29, 1.82) is 0 Å². The van der Waals surface area contributed by atoms with E-state index < -0.39 is 12.1 Å². The molecule has 24 heavy (non-hydrogen) atoms. The van der Waals surface area contributed by atoms with Crippen molar-refractivity contribution in [2.75, 3.05) is 6.54 Å². The Bertz CT molecular complexity index is 432. The van der Waals surface area contributed by atoms with Crippen LogP contribution in [-0.2, 0) is 4.79 Å². The number of fused-ring (bicyclic) bond motifs is 2. The molecule has 3 rings (SSSR count). The molecule has 0 heterocycles. The zero-order valence-electron chi connectivity index (χ0n) is 14.2. The predicted molar refractivity (Wildman–Crippen MR) is 86.0 cm³/mol. The Morgan fingerprint density at radius 1 is 1.00 bits per heavy atom. The van der Waals surface area contributed by atoms with Crippen LogP contribution in [0.1, 0.15) is 57.8 Å². The number of halogens is 3. The molecule has 0 spiro atoms. The first-order valence-electron chi connectivity index (χ1n) is 9.44. The molecule has 0 aliphatic heterocycles. The molecule has 0 saturated heterocycles. The highest BCUT2D eigenvalue weighted by molar-refractivity contribution is 5.78. The fourth-order valence-corrected chi connectivity index (χ4v) is 5.09. The summed E-state index contributed by atoms with van der Waals surface area (Å²) in [7, 11) is 0. The van der Waals surface area contributed by atoms with Crippen LogP contribution < -0.4 is 11.1 Å². The number of nitrogens with one attached hydrogen (secondary N) is 1. The van der Waals surface area contributed by atoms with Crippen LogP contribution >= 0.6 is 0 Å². The first-order chi connectivity index (χ1) is 11.3. The van der Waals surface area contributed by atoms with Gasteiger partial charge in [0.15, 0.2) is 0 Å². The van der Waals surface area contributed by atoms with E-state index in [1.165, 1.54) is 6.42 Å². The van der Waals surface area contributed by atoms with Crippen molar-refractivity contribution in [2.45, 2.75) is 70.0 Å². The van der Waals surface area contributed by atoms with Gasteiger partial charge in [0.05, 0.1) is 5.92 Å². The number of hydrogen-bond donors (Lipinski definition) is 2. The third-order valence-electron chi connectivity index (χ3n) is 6.66. The van der Waals surface area contributed by atoms with E-state index in [0.29, 0.717) is 31.2 Å². The number of carbonyl (C=O) groups is 1. The minimum Gasteiger partial charge on any atom is -0.356 e. The highest BCUT2D eigenvalue weighted by Gasteiger charge is 2.42. The van der Waals surface area contributed by atoms with Gasteiger partial charge < -0.3 is 11.1 Å². The van der Waals surface area contributed by atoms with Crippen molar-refractivity contribution >= 4 is 5.91 Å². The number of nitrogens with two attached hydrogens (primary N) is 1. The molecule has 0 radical (unpaired) electrons. The van der Waals surface area contributed by atoms with Gasteiger partial charge in [-0.1, -0.05) is 6.42 Å². The second-order valence-corrected chi connectivity index (χ2v) is 8.20. The molecular weight excluding hydrogens is 317 g/mol. The smallest absolute Gasteiger partial charge is 0.356 e.